The van der Waals surface area contributed by atoms with E-state index in [1.807, 2.05) is 50.2 Å². The smallest absolute Gasteiger partial charge is 0.321 e. The fourth-order valence-electron chi connectivity index (χ4n) is 3.32. The number of aryl methyl sites for hydroxylation is 2. The van der Waals surface area contributed by atoms with Gasteiger partial charge in [0.25, 0.3) is 0 Å². The van der Waals surface area contributed by atoms with E-state index in [0.717, 1.165) is 26.8 Å². The molecule has 1 saturated heterocycles. The molecule has 3 aromatic rings. The first kappa shape index (κ1) is 19.1. The number of hydrogen-bond acceptors (Lipinski definition) is 4. The van der Waals surface area contributed by atoms with Crippen LogP contribution in [-0.2, 0) is 11.2 Å². The predicted molar refractivity (Wildman–Crippen MR) is 117 cm³/mol. The molecule has 1 fully saturated rings. The van der Waals surface area contributed by atoms with Crippen molar-refractivity contribution >= 4 is 34.6 Å². The number of urea groups is 1. The van der Waals surface area contributed by atoms with Gasteiger partial charge >= 0.3 is 6.03 Å². The Morgan fingerprint density at radius 2 is 1.86 bits per heavy atom. The van der Waals surface area contributed by atoms with Crippen LogP contribution >= 0.6 is 11.3 Å². The van der Waals surface area contributed by atoms with Gasteiger partial charge in [-0.15, -0.1) is 11.3 Å². The van der Waals surface area contributed by atoms with Crippen LogP contribution in [0.1, 0.15) is 15.4 Å². The molecular weight excluding hydrogens is 384 g/mol. The lowest BCUT2D eigenvalue weighted by Crippen LogP contribution is -2.27. The van der Waals surface area contributed by atoms with Gasteiger partial charge in [-0.1, -0.05) is 29.8 Å². The normalized spacial score (nSPS) is 13.4. The van der Waals surface area contributed by atoms with Crippen molar-refractivity contribution in [3.63, 3.8) is 0 Å². The Hall–Kier alpha value is -3.19. The maximum absolute atomic E-state index is 12.6. The first-order valence-corrected chi connectivity index (χ1v) is 10.3. The molecule has 2 aromatic carbocycles. The molecule has 2 N–H and O–H groups in total. The summed E-state index contributed by atoms with van der Waals surface area (Å²) in [5.41, 5.74) is 4.61. The van der Waals surface area contributed by atoms with E-state index in [-0.39, 0.29) is 18.4 Å². The fraction of sp³-hybridized carbons (Fsp3) is 0.227. The fourth-order valence-corrected chi connectivity index (χ4v) is 4.28. The number of rotatable bonds is 5. The Balaban J connectivity index is 1.45. The van der Waals surface area contributed by atoms with Crippen LogP contribution in [0.2, 0.25) is 0 Å². The highest BCUT2D eigenvalue weighted by Gasteiger charge is 2.21. The molecule has 1 aliphatic rings. The molecule has 6 nitrogen and oxygen atoms in total. The highest BCUT2D eigenvalue weighted by Crippen LogP contribution is 2.29. The lowest BCUT2D eigenvalue weighted by atomic mass is 10.1. The third-order valence-electron chi connectivity index (χ3n) is 4.77. The molecule has 3 amide bonds. The van der Waals surface area contributed by atoms with E-state index in [2.05, 4.69) is 27.8 Å². The van der Waals surface area contributed by atoms with Crippen molar-refractivity contribution in [2.75, 3.05) is 23.3 Å². The highest BCUT2D eigenvalue weighted by molar-refractivity contribution is 7.12. The maximum Gasteiger partial charge on any atom is 0.321 e. The molecule has 0 saturated carbocycles. The van der Waals surface area contributed by atoms with Crippen LogP contribution in [0.5, 0.6) is 0 Å². The van der Waals surface area contributed by atoms with Crippen molar-refractivity contribution in [3.8, 4) is 11.3 Å². The third-order valence-corrected chi connectivity index (χ3v) is 5.74. The summed E-state index contributed by atoms with van der Waals surface area (Å²) in [7, 11) is 0. The van der Waals surface area contributed by atoms with Gasteiger partial charge in [0.15, 0.2) is 0 Å². The predicted octanol–water partition coefficient (Wildman–Crippen LogP) is 4.14. The summed E-state index contributed by atoms with van der Waals surface area (Å²) < 4.78 is 0. The number of nitrogens with one attached hydrogen (secondary N) is 2. The Morgan fingerprint density at radius 1 is 1.14 bits per heavy atom. The molecule has 0 unspecified atom stereocenters. The summed E-state index contributed by atoms with van der Waals surface area (Å²) in [4.78, 5) is 31.6. The van der Waals surface area contributed by atoms with Gasteiger partial charge in [-0.05, 0) is 38.1 Å². The second-order valence-electron chi connectivity index (χ2n) is 7.03. The average molecular weight is 407 g/mol. The number of thiazole rings is 1. The molecule has 29 heavy (non-hydrogen) atoms. The molecule has 2 heterocycles. The van der Waals surface area contributed by atoms with Gasteiger partial charge in [0.1, 0.15) is 0 Å². The van der Waals surface area contributed by atoms with Crippen molar-refractivity contribution in [1.29, 1.82) is 0 Å². The van der Waals surface area contributed by atoms with Gasteiger partial charge in [0, 0.05) is 34.9 Å². The van der Waals surface area contributed by atoms with Crippen molar-refractivity contribution in [3.05, 3.63) is 64.0 Å². The number of anilines is 2. The van der Waals surface area contributed by atoms with E-state index in [1.54, 1.807) is 16.2 Å². The zero-order chi connectivity index (χ0) is 20.4. The van der Waals surface area contributed by atoms with Crippen molar-refractivity contribution in [2.45, 2.75) is 20.3 Å². The zero-order valence-corrected chi connectivity index (χ0v) is 17.2. The van der Waals surface area contributed by atoms with Gasteiger partial charge in [-0.25, -0.2) is 9.78 Å². The number of nitrogens with zero attached hydrogens (tertiary/aromatic N) is 2. The van der Waals surface area contributed by atoms with Gasteiger partial charge in [0.05, 0.1) is 17.1 Å². The van der Waals surface area contributed by atoms with Crippen LogP contribution in [0.25, 0.3) is 11.3 Å². The molecule has 0 bridgehead atoms. The van der Waals surface area contributed by atoms with Gasteiger partial charge < -0.3 is 10.6 Å². The summed E-state index contributed by atoms with van der Waals surface area (Å²) >= 11 is 1.55. The van der Waals surface area contributed by atoms with Crippen LogP contribution in [0, 0.1) is 13.8 Å². The van der Waals surface area contributed by atoms with Crippen molar-refractivity contribution in [1.82, 2.24) is 10.3 Å². The minimum atomic E-state index is -0.0917. The Bertz CT molecular complexity index is 1040. The molecule has 1 aromatic heterocycles. The lowest BCUT2D eigenvalue weighted by molar-refractivity contribution is -0.115. The molecule has 7 heteroatoms. The summed E-state index contributed by atoms with van der Waals surface area (Å²) in [6, 6.07) is 15.4. The number of aromatic nitrogens is 1. The van der Waals surface area contributed by atoms with E-state index in [4.69, 9.17) is 0 Å². The maximum atomic E-state index is 12.6. The first-order valence-electron chi connectivity index (χ1n) is 9.48. The van der Waals surface area contributed by atoms with Crippen LogP contribution in [-0.4, -0.2) is 30.0 Å². The average Bonchev–Trinajstić information content (AvgIpc) is 3.28. The van der Waals surface area contributed by atoms with Crippen LogP contribution in [0.3, 0.4) is 0 Å². The van der Waals surface area contributed by atoms with Crippen molar-refractivity contribution in [2.24, 2.45) is 0 Å². The van der Waals surface area contributed by atoms with Crippen LogP contribution in [0.15, 0.2) is 48.5 Å². The third kappa shape index (κ3) is 4.30. The lowest BCUT2D eigenvalue weighted by Gasteiger charge is -2.14. The monoisotopic (exact) mass is 406 g/mol. The molecule has 4 rings (SSSR count). The zero-order valence-electron chi connectivity index (χ0n) is 16.4. The quantitative estimate of drug-likeness (QED) is 0.669. The summed E-state index contributed by atoms with van der Waals surface area (Å²) in [5, 5.41) is 6.66. The second-order valence-corrected chi connectivity index (χ2v) is 8.31. The standard InChI is InChI=1S/C22H22N4O2S/c1-14-3-5-16(6-4-14)21-19(29-15(2)24-21)13-20(27)25-17-7-9-18(10-8-17)26-12-11-23-22(26)28/h3-10H,11-13H2,1-2H3,(H,23,28)(H,25,27). The van der Waals surface area contributed by atoms with E-state index >= 15 is 0 Å². The SMILES string of the molecule is Cc1ccc(-c2nc(C)sc2CC(=O)Nc2ccc(N3CCNC3=O)cc2)cc1. The Morgan fingerprint density at radius 3 is 2.52 bits per heavy atom. The van der Waals surface area contributed by atoms with Gasteiger partial charge in [-0.3, -0.25) is 9.69 Å². The Labute approximate surface area is 173 Å². The van der Waals surface area contributed by atoms with Crippen LogP contribution < -0.4 is 15.5 Å². The van der Waals surface area contributed by atoms with E-state index in [1.165, 1.54) is 5.56 Å². The Kier molecular flexibility index (Phi) is 5.31. The number of amides is 3. The van der Waals surface area contributed by atoms with E-state index < -0.39 is 0 Å². The van der Waals surface area contributed by atoms with Gasteiger partial charge in [-0.2, -0.15) is 0 Å². The minimum Gasteiger partial charge on any atom is -0.336 e. The second kappa shape index (κ2) is 8.05. The number of hydrogen-bond donors (Lipinski definition) is 2. The minimum absolute atomic E-state index is 0.0892. The molecular formula is C22H22N4O2S. The van der Waals surface area contributed by atoms with E-state index in [0.29, 0.717) is 18.8 Å². The highest BCUT2D eigenvalue weighted by atomic mass is 32.1. The molecule has 1 aliphatic heterocycles. The molecule has 0 radical (unpaired) electrons. The number of carbonyl (C=O) groups excluding carboxylic acids is 2. The largest absolute Gasteiger partial charge is 0.336 e. The number of carbonyl (C=O) groups is 2. The molecule has 148 valence electrons. The summed E-state index contributed by atoms with van der Waals surface area (Å²) in [5.74, 6) is -0.0892. The summed E-state index contributed by atoms with van der Waals surface area (Å²) in [6.45, 7) is 5.30. The molecule has 0 atom stereocenters. The van der Waals surface area contributed by atoms with Gasteiger partial charge in [0.2, 0.25) is 5.91 Å². The number of benzene rings is 2. The van der Waals surface area contributed by atoms with Crippen molar-refractivity contribution < 1.29 is 9.59 Å². The first-order chi connectivity index (χ1) is 14.0. The topological polar surface area (TPSA) is 74.3 Å². The van der Waals surface area contributed by atoms with E-state index in [9.17, 15) is 9.59 Å². The summed E-state index contributed by atoms with van der Waals surface area (Å²) in [6.07, 6.45) is 0.269. The van der Waals surface area contributed by atoms with Crippen LogP contribution in [0.4, 0.5) is 16.2 Å². The molecule has 0 spiro atoms. The molecule has 0 aliphatic carbocycles.